The lowest BCUT2D eigenvalue weighted by molar-refractivity contribution is -0.117. The summed E-state index contributed by atoms with van der Waals surface area (Å²) in [7, 11) is 1.66. The highest BCUT2D eigenvalue weighted by atomic mass is 16.5. The number of carbonyl (C=O) groups excluding carboxylic acids is 1. The van der Waals surface area contributed by atoms with Gasteiger partial charge in [0.15, 0.2) is 11.5 Å². The molecule has 0 spiro atoms. The summed E-state index contributed by atoms with van der Waals surface area (Å²) < 4.78 is 13.9. The molecule has 0 saturated carbocycles. The molecule has 1 aliphatic rings. The number of anilines is 1. The van der Waals surface area contributed by atoms with Gasteiger partial charge in [0.25, 0.3) is 0 Å². The minimum atomic E-state index is 0.0399. The molecule has 0 aliphatic carbocycles. The van der Waals surface area contributed by atoms with Crippen molar-refractivity contribution in [1.29, 1.82) is 0 Å². The van der Waals surface area contributed by atoms with Gasteiger partial charge in [-0.2, -0.15) is 0 Å². The van der Waals surface area contributed by atoms with E-state index in [9.17, 15) is 4.79 Å². The van der Waals surface area contributed by atoms with Crippen LogP contribution in [-0.4, -0.2) is 35.7 Å². The molecule has 2 heterocycles. The first-order valence-corrected chi connectivity index (χ1v) is 14.4. The molecule has 1 aliphatic heterocycles. The molecule has 1 saturated heterocycles. The van der Waals surface area contributed by atoms with Crippen molar-refractivity contribution in [3.05, 3.63) is 96.3 Å². The quantitative estimate of drug-likeness (QED) is 0.135. The van der Waals surface area contributed by atoms with Crippen molar-refractivity contribution in [2.75, 3.05) is 25.2 Å². The van der Waals surface area contributed by atoms with E-state index in [4.69, 9.17) is 14.5 Å². The zero-order valence-electron chi connectivity index (χ0n) is 23.6. The summed E-state index contributed by atoms with van der Waals surface area (Å²) in [6, 6.07) is 22.7. The molecule has 6 nitrogen and oxygen atoms in total. The van der Waals surface area contributed by atoms with E-state index in [-0.39, 0.29) is 11.8 Å². The number of unbranched alkanes of at least 4 members (excludes halogenated alkanes) is 1. The molecule has 0 N–H and O–H groups in total. The molecule has 3 aromatic carbocycles. The number of benzene rings is 3. The number of aromatic nitrogens is 2. The van der Waals surface area contributed by atoms with Gasteiger partial charge in [-0.3, -0.25) is 4.79 Å². The summed E-state index contributed by atoms with van der Waals surface area (Å²) in [5, 5.41) is 0. The van der Waals surface area contributed by atoms with Crippen molar-refractivity contribution in [1.82, 2.24) is 9.55 Å². The smallest absolute Gasteiger partial charge is 0.227 e. The van der Waals surface area contributed by atoms with Crippen LogP contribution in [0.1, 0.15) is 55.5 Å². The number of nitrogens with zero attached hydrogens (tertiary/aromatic N) is 3. The van der Waals surface area contributed by atoms with Crippen molar-refractivity contribution in [3.8, 4) is 11.5 Å². The van der Waals surface area contributed by atoms with Crippen molar-refractivity contribution in [2.45, 2.75) is 57.9 Å². The summed E-state index contributed by atoms with van der Waals surface area (Å²) in [6.07, 6.45) is 7.37. The lowest BCUT2D eigenvalue weighted by Crippen LogP contribution is -2.24. The van der Waals surface area contributed by atoms with Crippen LogP contribution in [-0.2, 0) is 24.2 Å². The van der Waals surface area contributed by atoms with Crippen LogP contribution in [0.2, 0.25) is 0 Å². The Kier molecular flexibility index (Phi) is 8.84. The number of amides is 1. The van der Waals surface area contributed by atoms with Crippen LogP contribution >= 0.6 is 0 Å². The van der Waals surface area contributed by atoms with E-state index in [0.717, 1.165) is 65.4 Å². The number of carbonyl (C=O) groups is 1. The van der Waals surface area contributed by atoms with Gasteiger partial charge in [-0.15, -0.1) is 6.58 Å². The number of hydrogen-bond acceptors (Lipinski definition) is 4. The van der Waals surface area contributed by atoms with Gasteiger partial charge in [-0.05, 0) is 73.2 Å². The maximum atomic E-state index is 13.1. The first-order valence-electron chi connectivity index (χ1n) is 14.4. The van der Waals surface area contributed by atoms with Crippen LogP contribution in [0.15, 0.2) is 79.4 Å². The van der Waals surface area contributed by atoms with Crippen LogP contribution in [0.25, 0.3) is 11.0 Å². The van der Waals surface area contributed by atoms with Crippen molar-refractivity contribution in [3.63, 3.8) is 0 Å². The summed E-state index contributed by atoms with van der Waals surface area (Å²) in [5.41, 5.74) is 5.49. The lowest BCUT2D eigenvalue weighted by Gasteiger charge is -2.18. The third-order valence-electron chi connectivity index (χ3n) is 7.63. The highest BCUT2D eigenvalue weighted by Crippen LogP contribution is 2.34. The molecule has 5 rings (SSSR count). The van der Waals surface area contributed by atoms with Crippen LogP contribution in [0, 0.1) is 0 Å². The molecule has 6 heteroatoms. The third kappa shape index (κ3) is 6.06. The Morgan fingerprint density at radius 3 is 2.60 bits per heavy atom. The number of rotatable bonds is 13. The maximum absolute atomic E-state index is 13.1. The third-order valence-corrected chi connectivity index (χ3v) is 7.63. The van der Waals surface area contributed by atoms with E-state index >= 15 is 0 Å². The van der Waals surface area contributed by atoms with Crippen LogP contribution in [0.3, 0.4) is 0 Å². The Morgan fingerprint density at radius 2 is 1.82 bits per heavy atom. The second-order valence-corrected chi connectivity index (χ2v) is 10.5. The Hall–Kier alpha value is -4.06. The Labute approximate surface area is 237 Å². The summed E-state index contributed by atoms with van der Waals surface area (Å²) in [5.74, 6) is 2.64. The van der Waals surface area contributed by atoms with Crippen molar-refractivity contribution < 1.29 is 14.3 Å². The zero-order valence-corrected chi connectivity index (χ0v) is 23.6. The normalized spacial score (nSPS) is 15.1. The van der Waals surface area contributed by atoms with Crippen LogP contribution in [0.5, 0.6) is 11.5 Å². The summed E-state index contributed by atoms with van der Waals surface area (Å²) in [6.45, 7) is 7.96. The van der Waals surface area contributed by atoms with E-state index in [1.807, 2.05) is 47.4 Å². The van der Waals surface area contributed by atoms with Crippen LogP contribution < -0.4 is 14.4 Å². The molecule has 1 fully saturated rings. The van der Waals surface area contributed by atoms with E-state index in [0.29, 0.717) is 19.6 Å². The second-order valence-electron chi connectivity index (χ2n) is 10.5. The average Bonchev–Trinajstić information content (AvgIpc) is 3.55. The van der Waals surface area contributed by atoms with Gasteiger partial charge in [0, 0.05) is 31.1 Å². The molecule has 40 heavy (non-hydrogen) atoms. The molecule has 4 aromatic rings. The molecule has 208 valence electrons. The minimum absolute atomic E-state index is 0.0399. The van der Waals surface area contributed by atoms with Crippen LogP contribution in [0.4, 0.5) is 5.69 Å². The number of imidazole rings is 1. The average molecular weight is 538 g/mol. The van der Waals surface area contributed by atoms with Gasteiger partial charge >= 0.3 is 0 Å². The molecular formula is C34H39N3O3. The first kappa shape index (κ1) is 27.5. The van der Waals surface area contributed by atoms with Gasteiger partial charge in [0.05, 0.1) is 24.8 Å². The number of ether oxygens (including phenoxy) is 2. The highest BCUT2D eigenvalue weighted by Gasteiger charge is 2.34. The monoisotopic (exact) mass is 537 g/mol. The van der Waals surface area contributed by atoms with E-state index in [2.05, 4.69) is 48.4 Å². The van der Waals surface area contributed by atoms with Gasteiger partial charge < -0.3 is 18.9 Å². The largest absolute Gasteiger partial charge is 0.493 e. The molecule has 0 radical (unpaired) electrons. The molecule has 0 bridgehead atoms. The Morgan fingerprint density at radius 1 is 1.02 bits per heavy atom. The van der Waals surface area contributed by atoms with E-state index in [1.165, 1.54) is 18.4 Å². The molecular weight excluding hydrogens is 498 g/mol. The number of fused-ring (bicyclic) bond motifs is 1. The standard InChI is InChI=1S/C34H39N3O3/c1-4-6-11-25-14-17-28(18-15-25)37-24-27(23-33(37)38)34-35-29-12-7-8-13-30(29)36(34)20-9-21-40-31-19-16-26(10-5-2)22-32(31)39-3/h5,7-8,12-19,22,27H,2,4,6,9-11,20-21,23-24H2,1,3H3. The maximum Gasteiger partial charge on any atom is 0.227 e. The van der Waals surface area contributed by atoms with Crippen molar-refractivity contribution >= 4 is 22.6 Å². The van der Waals surface area contributed by atoms with E-state index in [1.54, 1.807) is 7.11 Å². The molecule has 1 amide bonds. The molecule has 1 unspecified atom stereocenters. The minimum Gasteiger partial charge on any atom is -0.493 e. The Balaban J connectivity index is 1.28. The van der Waals surface area contributed by atoms with Gasteiger partial charge in [0.1, 0.15) is 5.82 Å². The fraction of sp³-hybridized carbons (Fsp3) is 0.353. The predicted octanol–water partition coefficient (Wildman–Crippen LogP) is 7.11. The topological polar surface area (TPSA) is 56.6 Å². The summed E-state index contributed by atoms with van der Waals surface area (Å²) >= 11 is 0. The number of para-hydroxylation sites is 2. The van der Waals surface area contributed by atoms with Gasteiger partial charge in [-0.1, -0.05) is 49.8 Å². The fourth-order valence-corrected chi connectivity index (χ4v) is 5.52. The highest BCUT2D eigenvalue weighted by molar-refractivity contribution is 5.96. The lowest BCUT2D eigenvalue weighted by atomic mass is 10.1. The molecule has 1 atom stereocenters. The SMILES string of the molecule is C=CCc1ccc(OCCCn2c(C3CC(=O)N(c4ccc(CCCC)cc4)C3)nc3ccccc32)c(OC)c1. The number of allylic oxidation sites excluding steroid dienone is 1. The van der Waals surface area contributed by atoms with Gasteiger partial charge in [0.2, 0.25) is 5.91 Å². The van der Waals surface area contributed by atoms with Crippen molar-refractivity contribution in [2.24, 2.45) is 0 Å². The van der Waals surface area contributed by atoms with E-state index < -0.39 is 0 Å². The first-order chi connectivity index (χ1) is 19.6. The van der Waals surface area contributed by atoms with Gasteiger partial charge in [-0.25, -0.2) is 4.98 Å². The second kappa shape index (κ2) is 12.9. The fourth-order valence-electron chi connectivity index (χ4n) is 5.52. The zero-order chi connectivity index (χ0) is 27.9. The Bertz CT molecular complexity index is 1460. The number of methoxy groups -OCH3 is 1. The predicted molar refractivity (Wildman–Crippen MR) is 162 cm³/mol. The molecule has 1 aromatic heterocycles. The number of hydrogen-bond donors (Lipinski definition) is 0. The number of aryl methyl sites for hydroxylation is 2. The summed E-state index contributed by atoms with van der Waals surface area (Å²) in [4.78, 5) is 20.1.